The van der Waals surface area contributed by atoms with Crippen molar-refractivity contribution in [1.29, 1.82) is 0 Å². The van der Waals surface area contributed by atoms with Gasteiger partial charge in [0.05, 0.1) is 11.9 Å². The van der Waals surface area contributed by atoms with Crippen LogP contribution in [0, 0.1) is 5.92 Å². The van der Waals surface area contributed by atoms with E-state index in [4.69, 9.17) is 0 Å². The van der Waals surface area contributed by atoms with Gasteiger partial charge in [0.15, 0.2) is 0 Å². The molecule has 2 aliphatic rings. The Balaban J connectivity index is 1.80. The lowest BCUT2D eigenvalue weighted by Gasteiger charge is -2.46. The Kier molecular flexibility index (Phi) is 3.08. The van der Waals surface area contributed by atoms with Gasteiger partial charge in [0.1, 0.15) is 0 Å². The molecule has 2 unspecified atom stereocenters. The summed E-state index contributed by atoms with van der Waals surface area (Å²) in [5.74, 6) is 0.864. The van der Waals surface area contributed by atoms with Gasteiger partial charge in [-0.05, 0) is 46.5 Å². The quantitative estimate of drug-likeness (QED) is 0.908. The van der Waals surface area contributed by atoms with Crippen molar-refractivity contribution in [2.24, 2.45) is 5.92 Å². The summed E-state index contributed by atoms with van der Waals surface area (Å²) in [6.45, 7) is 11.2. The highest BCUT2D eigenvalue weighted by Crippen LogP contribution is 2.42. The lowest BCUT2D eigenvalue weighted by Crippen LogP contribution is -2.63. The predicted octanol–water partition coefficient (Wildman–Crippen LogP) is 2.43. The Labute approximate surface area is 116 Å². The van der Waals surface area contributed by atoms with Crippen LogP contribution in [0.2, 0.25) is 0 Å². The van der Waals surface area contributed by atoms with Gasteiger partial charge in [0.2, 0.25) is 0 Å². The van der Waals surface area contributed by atoms with Crippen molar-refractivity contribution in [2.45, 2.75) is 58.2 Å². The highest BCUT2D eigenvalue weighted by atomic mass is 15.3. The zero-order chi connectivity index (χ0) is 13.6. The van der Waals surface area contributed by atoms with Crippen molar-refractivity contribution in [3.05, 3.63) is 12.4 Å². The predicted molar refractivity (Wildman–Crippen MR) is 78.6 cm³/mol. The van der Waals surface area contributed by atoms with Gasteiger partial charge in [0, 0.05) is 36.9 Å². The van der Waals surface area contributed by atoms with Crippen molar-refractivity contribution in [3.63, 3.8) is 0 Å². The van der Waals surface area contributed by atoms with E-state index in [2.05, 4.69) is 53.9 Å². The van der Waals surface area contributed by atoms with Gasteiger partial charge in [-0.15, -0.1) is 0 Å². The van der Waals surface area contributed by atoms with Gasteiger partial charge in [-0.1, -0.05) is 0 Å². The van der Waals surface area contributed by atoms with E-state index in [-0.39, 0.29) is 5.54 Å². The highest BCUT2D eigenvalue weighted by Gasteiger charge is 2.45. The maximum Gasteiger partial charge on any atom is 0.0756 e. The molecule has 19 heavy (non-hydrogen) atoms. The third-order valence-corrected chi connectivity index (χ3v) is 4.76. The Morgan fingerprint density at radius 1 is 1.42 bits per heavy atom. The Hall–Kier alpha value is -1.03. The van der Waals surface area contributed by atoms with Crippen LogP contribution in [0.4, 0.5) is 5.69 Å². The van der Waals surface area contributed by atoms with E-state index in [1.165, 1.54) is 18.5 Å². The van der Waals surface area contributed by atoms with E-state index in [1.807, 2.05) is 6.20 Å². The third-order valence-electron chi connectivity index (χ3n) is 4.76. The Morgan fingerprint density at radius 2 is 2.16 bits per heavy atom. The second-order valence-corrected chi connectivity index (χ2v) is 6.82. The topological polar surface area (TPSA) is 33.1 Å². The minimum absolute atomic E-state index is 0.284. The van der Waals surface area contributed by atoms with Gasteiger partial charge >= 0.3 is 0 Å². The minimum Gasteiger partial charge on any atom is -0.363 e. The number of hydrogen-bond acceptors (Lipinski definition) is 3. The average molecular weight is 262 g/mol. The van der Waals surface area contributed by atoms with Crippen LogP contribution in [0.5, 0.6) is 0 Å². The van der Waals surface area contributed by atoms with E-state index in [0.29, 0.717) is 12.1 Å². The molecule has 3 rings (SSSR count). The molecule has 2 fully saturated rings. The van der Waals surface area contributed by atoms with Crippen LogP contribution in [0.15, 0.2) is 12.4 Å². The number of nitrogens with one attached hydrogen (secondary N) is 1. The molecule has 1 aromatic heterocycles. The molecule has 1 aliphatic carbocycles. The molecule has 2 atom stereocenters. The first-order valence-electron chi connectivity index (χ1n) is 7.55. The normalized spacial score (nSPS) is 32.1. The first-order valence-corrected chi connectivity index (χ1v) is 7.55. The summed E-state index contributed by atoms with van der Waals surface area (Å²) in [7, 11) is 0. The van der Waals surface area contributed by atoms with Crippen molar-refractivity contribution >= 4 is 5.69 Å². The largest absolute Gasteiger partial charge is 0.363 e. The SMILES string of the molecule is CC1CNC(C)(C2CC2)CN1c1cnn(C(C)C)c1. The number of rotatable bonds is 3. The van der Waals surface area contributed by atoms with Crippen LogP contribution < -0.4 is 10.2 Å². The van der Waals surface area contributed by atoms with Crippen LogP contribution in [0.1, 0.15) is 46.6 Å². The summed E-state index contributed by atoms with van der Waals surface area (Å²) in [6.07, 6.45) is 6.99. The van der Waals surface area contributed by atoms with E-state index >= 15 is 0 Å². The molecule has 0 bridgehead atoms. The maximum absolute atomic E-state index is 4.49. The molecule has 1 aliphatic heterocycles. The third kappa shape index (κ3) is 2.38. The van der Waals surface area contributed by atoms with Crippen LogP contribution in [0.25, 0.3) is 0 Å². The van der Waals surface area contributed by atoms with E-state index in [9.17, 15) is 0 Å². The fourth-order valence-electron chi connectivity index (χ4n) is 3.16. The molecule has 106 valence electrons. The van der Waals surface area contributed by atoms with E-state index < -0.39 is 0 Å². The molecule has 1 N–H and O–H groups in total. The summed E-state index contributed by atoms with van der Waals surface area (Å²) >= 11 is 0. The van der Waals surface area contributed by atoms with Crippen LogP contribution in [0.3, 0.4) is 0 Å². The van der Waals surface area contributed by atoms with Crippen LogP contribution >= 0.6 is 0 Å². The van der Waals surface area contributed by atoms with Crippen molar-refractivity contribution in [1.82, 2.24) is 15.1 Å². The molecular formula is C15H26N4. The molecule has 4 nitrogen and oxygen atoms in total. The Bertz CT molecular complexity index is 449. The average Bonchev–Trinajstić information content (AvgIpc) is 3.11. The molecular weight excluding hydrogens is 236 g/mol. The first-order chi connectivity index (χ1) is 8.99. The molecule has 4 heteroatoms. The zero-order valence-electron chi connectivity index (χ0n) is 12.6. The second kappa shape index (κ2) is 4.51. The van der Waals surface area contributed by atoms with Crippen molar-refractivity contribution < 1.29 is 0 Å². The lowest BCUT2D eigenvalue weighted by atomic mass is 9.91. The first kappa shape index (κ1) is 13.0. The van der Waals surface area contributed by atoms with Crippen LogP contribution in [-0.4, -0.2) is 34.5 Å². The molecule has 1 saturated heterocycles. The molecule has 1 saturated carbocycles. The zero-order valence-corrected chi connectivity index (χ0v) is 12.6. The standard InChI is InChI=1S/C15H26N4/c1-11(2)19-9-14(8-17-19)18-10-15(4,13-5-6-13)16-7-12(18)3/h8-9,11-13,16H,5-7,10H2,1-4H3. The lowest BCUT2D eigenvalue weighted by molar-refractivity contribution is 0.261. The molecule has 0 amide bonds. The number of hydrogen-bond donors (Lipinski definition) is 1. The Morgan fingerprint density at radius 3 is 2.74 bits per heavy atom. The minimum atomic E-state index is 0.284. The number of aromatic nitrogens is 2. The smallest absolute Gasteiger partial charge is 0.0756 e. The summed E-state index contributed by atoms with van der Waals surface area (Å²) in [4.78, 5) is 2.53. The summed E-state index contributed by atoms with van der Waals surface area (Å²) < 4.78 is 2.05. The summed E-state index contributed by atoms with van der Waals surface area (Å²) in [6, 6.07) is 0.971. The number of piperazine rings is 1. The fraction of sp³-hybridized carbons (Fsp3) is 0.800. The van der Waals surface area contributed by atoms with Gasteiger partial charge < -0.3 is 10.2 Å². The highest BCUT2D eigenvalue weighted by molar-refractivity contribution is 5.45. The van der Waals surface area contributed by atoms with Crippen molar-refractivity contribution in [2.75, 3.05) is 18.0 Å². The fourth-order valence-corrected chi connectivity index (χ4v) is 3.16. The molecule has 0 spiro atoms. The maximum atomic E-state index is 4.49. The molecule has 1 aromatic rings. The molecule has 0 radical (unpaired) electrons. The monoisotopic (exact) mass is 262 g/mol. The van der Waals surface area contributed by atoms with Gasteiger partial charge in [-0.2, -0.15) is 5.10 Å². The van der Waals surface area contributed by atoms with Crippen molar-refractivity contribution in [3.8, 4) is 0 Å². The number of anilines is 1. The van der Waals surface area contributed by atoms with E-state index in [0.717, 1.165) is 19.0 Å². The van der Waals surface area contributed by atoms with Crippen LogP contribution in [-0.2, 0) is 0 Å². The summed E-state index contributed by atoms with van der Waals surface area (Å²) in [5.41, 5.74) is 1.56. The summed E-state index contributed by atoms with van der Waals surface area (Å²) in [5, 5.41) is 8.26. The van der Waals surface area contributed by atoms with E-state index in [1.54, 1.807) is 0 Å². The van der Waals surface area contributed by atoms with Gasteiger partial charge in [-0.25, -0.2) is 0 Å². The number of nitrogens with zero attached hydrogens (tertiary/aromatic N) is 3. The molecule has 0 aromatic carbocycles. The second-order valence-electron chi connectivity index (χ2n) is 6.82. The van der Waals surface area contributed by atoms with Gasteiger partial charge in [-0.3, -0.25) is 4.68 Å². The molecule has 2 heterocycles. The van der Waals surface area contributed by atoms with Gasteiger partial charge in [0.25, 0.3) is 0 Å².